The van der Waals surface area contributed by atoms with Gasteiger partial charge in [-0.1, -0.05) is 26.0 Å². The number of rotatable bonds is 6. The van der Waals surface area contributed by atoms with Crippen molar-refractivity contribution in [3.8, 4) is 11.8 Å². The number of imide groups is 1. The van der Waals surface area contributed by atoms with Crippen LogP contribution < -0.4 is 15.8 Å². The predicted molar refractivity (Wildman–Crippen MR) is 89.0 cm³/mol. The van der Waals surface area contributed by atoms with Gasteiger partial charge in [-0.05, 0) is 29.7 Å². The number of primary amides is 1. The van der Waals surface area contributed by atoms with E-state index in [1.54, 1.807) is 44.2 Å². The fourth-order valence-corrected chi connectivity index (χ4v) is 1.87. The monoisotopic (exact) mass is 345 g/mol. The predicted octanol–water partition coefficient (Wildman–Crippen LogP) is 1.36. The SMILES string of the molecule is COc1ccc(/C=C(\C#N)C(=O)O[C@@H](C(=O)NC(N)=O)C(C)C)cc1. The molecule has 1 aromatic rings. The van der Waals surface area contributed by atoms with E-state index in [1.807, 2.05) is 5.32 Å². The van der Waals surface area contributed by atoms with Gasteiger partial charge in [-0.3, -0.25) is 10.1 Å². The Morgan fingerprint density at radius 2 is 1.84 bits per heavy atom. The average Bonchev–Trinajstić information content (AvgIpc) is 2.56. The lowest BCUT2D eigenvalue weighted by molar-refractivity contribution is -0.154. The van der Waals surface area contributed by atoms with Crippen LogP contribution in [0.2, 0.25) is 0 Å². The minimum Gasteiger partial charge on any atom is -0.497 e. The van der Waals surface area contributed by atoms with Crippen LogP contribution in [0, 0.1) is 17.2 Å². The molecule has 0 heterocycles. The highest BCUT2D eigenvalue weighted by atomic mass is 16.5. The van der Waals surface area contributed by atoms with Gasteiger partial charge in [-0.15, -0.1) is 0 Å². The summed E-state index contributed by atoms with van der Waals surface area (Å²) < 4.78 is 10.1. The van der Waals surface area contributed by atoms with Gasteiger partial charge in [-0.2, -0.15) is 5.26 Å². The van der Waals surface area contributed by atoms with Crippen molar-refractivity contribution in [3.05, 3.63) is 35.4 Å². The molecule has 8 heteroatoms. The first kappa shape index (κ1) is 19.7. The van der Waals surface area contributed by atoms with E-state index in [2.05, 4.69) is 0 Å². The molecule has 0 bridgehead atoms. The third-order valence-corrected chi connectivity index (χ3v) is 3.11. The van der Waals surface area contributed by atoms with Crippen molar-refractivity contribution in [1.82, 2.24) is 5.32 Å². The van der Waals surface area contributed by atoms with Crippen molar-refractivity contribution in [2.45, 2.75) is 20.0 Å². The molecule has 1 aromatic carbocycles. The number of nitrogens with zero attached hydrogens (tertiary/aromatic N) is 1. The molecular formula is C17H19N3O5. The van der Waals surface area contributed by atoms with Gasteiger partial charge in [0.05, 0.1) is 7.11 Å². The summed E-state index contributed by atoms with van der Waals surface area (Å²) >= 11 is 0. The van der Waals surface area contributed by atoms with Crippen molar-refractivity contribution in [1.29, 1.82) is 5.26 Å². The van der Waals surface area contributed by atoms with Gasteiger partial charge in [0.15, 0.2) is 6.10 Å². The minimum atomic E-state index is -1.26. The van der Waals surface area contributed by atoms with Crippen molar-refractivity contribution in [3.63, 3.8) is 0 Å². The topological polar surface area (TPSA) is 132 Å². The molecule has 132 valence electrons. The average molecular weight is 345 g/mol. The first-order valence-corrected chi connectivity index (χ1v) is 7.35. The smallest absolute Gasteiger partial charge is 0.349 e. The number of nitrogens with one attached hydrogen (secondary N) is 1. The molecule has 0 aliphatic heterocycles. The van der Waals surface area contributed by atoms with E-state index in [9.17, 15) is 19.6 Å². The van der Waals surface area contributed by atoms with Crippen LogP contribution in [0.4, 0.5) is 4.79 Å². The number of carbonyl (C=O) groups excluding carboxylic acids is 3. The zero-order chi connectivity index (χ0) is 19.0. The molecule has 3 N–H and O–H groups in total. The maximum absolute atomic E-state index is 12.2. The highest BCUT2D eigenvalue weighted by Crippen LogP contribution is 2.16. The maximum Gasteiger partial charge on any atom is 0.349 e. The number of urea groups is 1. The zero-order valence-corrected chi connectivity index (χ0v) is 14.1. The Bertz CT molecular complexity index is 717. The third kappa shape index (κ3) is 5.99. The fourth-order valence-electron chi connectivity index (χ4n) is 1.87. The zero-order valence-electron chi connectivity index (χ0n) is 14.1. The number of ether oxygens (including phenoxy) is 2. The second-order valence-electron chi connectivity index (χ2n) is 5.37. The Kier molecular flexibility index (Phi) is 7.16. The molecule has 1 rings (SSSR count). The first-order valence-electron chi connectivity index (χ1n) is 7.35. The molecule has 1 atom stereocenters. The van der Waals surface area contributed by atoms with E-state index in [4.69, 9.17) is 15.2 Å². The molecule has 0 aromatic heterocycles. The van der Waals surface area contributed by atoms with Gasteiger partial charge in [0, 0.05) is 0 Å². The summed E-state index contributed by atoms with van der Waals surface area (Å²) in [7, 11) is 1.52. The molecule has 8 nitrogen and oxygen atoms in total. The molecule has 0 radical (unpaired) electrons. The number of hydrogen-bond acceptors (Lipinski definition) is 6. The van der Waals surface area contributed by atoms with E-state index in [-0.39, 0.29) is 5.57 Å². The van der Waals surface area contributed by atoms with E-state index in [0.717, 1.165) is 0 Å². The minimum absolute atomic E-state index is 0.289. The summed E-state index contributed by atoms with van der Waals surface area (Å²) in [5, 5.41) is 11.0. The summed E-state index contributed by atoms with van der Waals surface area (Å²) in [6, 6.07) is 7.33. The maximum atomic E-state index is 12.2. The molecule has 0 fully saturated rings. The molecule has 0 unspecified atom stereocenters. The van der Waals surface area contributed by atoms with Crippen molar-refractivity contribution < 1.29 is 23.9 Å². The molecule has 3 amide bonds. The molecule has 0 aliphatic rings. The van der Waals surface area contributed by atoms with Crippen LogP contribution in [0.1, 0.15) is 19.4 Å². The van der Waals surface area contributed by atoms with Gasteiger partial charge in [0.1, 0.15) is 17.4 Å². The van der Waals surface area contributed by atoms with Gasteiger partial charge in [-0.25, -0.2) is 9.59 Å². The van der Waals surface area contributed by atoms with Crippen LogP contribution in [0.15, 0.2) is 29.8 Å². The summed E-state index contributed by atoms with van der Waals surface area (Å²) in [5.41, 5.74) is 5.18. The van der Waals surface area contributed by atoms with E-state index < -0.39 is 29.9 Å². The molecule has 0 aliphatic carbocycles. The van der Waals surface area contributed by atoms with E-state index in [0.29, 0.717) is 11.3 Å². The highest BCUT2D eigenvalue weighted by molar-refractivity contribution is 6.01. The van der Waals surface area contributed by atoms with Gasteiger partial charge in [0.2, 0.25) is 0 Å². The quantitative estimate of drug-likeness (QED) is 0.454. The van der Waals surface area contributed by atoms with E-state index >= 15 is 0 Å². The Labute approximate surface area is 145 Å². The normalized spacial score (nSPS) is 12.0. The van der Waals surface area contributed by atoms with Crippen molar-refractivity contribution in [2.24, 2.45) is 11.7 Å². The highest BCUT2D eigenvalue weighted by Gasteiger charge is 2.28. The first-order chi connectivity index (χ1) is 11.8. The number of hydrogen-bond donors (Lipinski definition) is 2. The number of amides is 3. The summed E-state index contributed by atoms with van der Waals surface area (Å²) in [6.07, 6.45) is 0.0677. The fraction of sp³-hybridized carbons (Fsp3) is 0.294. The number of nitrogens with two attached hydrogens (primary N) is 1. The molecule has 0 saturated carbocycles. The molecule has 25 heavy (non-hydrogen) atoms. The second-order valence-corrected chi connectivity index (χ2v) is 5.37. The standard InChI is InChI=1S/C17H19N3O5/c1-10(2)14(15(21)20-17(19)23)25-16(22)12(9-18)8-11-4-6-13(24-3)7-5-11/h4-8,10,14H,1-3H3,(H3,19,20,21,23)/b12-8+/t14-/m1/s1. The molecule has 0 saturated heterocycles. The number of methoxy groups -OCH3 is 1. The Morgan fingerprint density at radius 3 is 2.28 bits per heavy atom. The van der Waals surface area contributed by atoms with Gasteiger partial charge >= 0.3 is 12.0 Å². The largest absolute Gasteiger partial charge is 0.497 e. The summed E-state index contributed by atoms with van der Waals surface area (Å²) in [4.78, 5) is 34.8. The number of carbonyl (C=O) groups is 3. The van der Waals surface area contributed by atoms with Crippen LogP contribution in [0.5, 0.6) is 5.75 Å². The second kappa shape index (κ2) is 9.08. The van der Waals surface area contributed by atoms with Gasteiger partial charge in [0.25, 0.3) is 5.91 Å². The molecule has 0 spiro atoms. The lowest BCUT2D eigenvalue weighted by atomic mass is 10.1. The van der Waals surface area contributed by atoms with Crippen LogP contribution in [-0.4, -0.2) is 31.1 Å². The number of esters is 1. The summed E-state index contributed by atoms with van der Waals surface area (Å²) in [5.74, 6) is -1.63. The lowest BCUT2D eigenvalue weighted by Crippen LogP contribution is -2.45. The van der Waals surface area contributed by atoms with E-state index in [1.165, 1.54) is 13.2 Å². The Balaban J connectivity index is 2.95. The van der Waals surface area contributed by atoms with Crippen LogP contribution >= 0.6 is 0 Å². The van der Waals surface area contributed by atoms with Crippen LogP contribution in [0.25, 0.3) is 6.08 Å². The number of benzene rings is 1. The molecular weight excluding hydrogens is 326 g/mol. The van der Waals surface area contributed by atoms with Gasteiger partial charge < -0.3 is 15.2 Å². The summed E-state index contributed by atoms with van der Waals surface area (Å²) in [6.45, 7) is 3.25. The van der Waals surface area contributed by atoms with Crippen LogP contribution in [-0.2, 0) is 14.3 Å². The van der Waals surface area contributed by atoms with Crippen molar-refractivity contribution >= 4 is 24.0 Å². The Hall–Kier alpha value is -3.34. The van der Waals surface area contributed by atoms with Crippen molar-refractivity contribution in [2.75, 3.05) is 7.11 Å². The number of nitriles is 1. The Morgan fingerprint density at radius 1 is 1.24 bits per heavy atom. The van der Waals surface area contributed by atoms with Crippen LogP contribution in [0.3, 0.4) is 0 Å². The third-order valence-electron chi connectivity index (χ3n) is 3.11. The lowest BCUT2D eigenvalue weighted by Gasteiger charge is -2.19.